The summed E-state index contributed by atoms with van der Waals surface area (Å²) in [6.07, 6.45) is 3.03. The van der Waals surface area contributed by atoms with Gasteiger partial charge in [0.25, 0.3) is 0 Å². The minimum Gasteiger partial charge on any atom is -0.508 e. The molecule has 0 spiro atoms. The molecular weight excluding hydrogens is 500 g/mol. The van der Waals surface area contributed by atoms with E-state index in [-0.39, 0.29) is 24.3 Å². The molecule has 0 radical (unpaired) electrons. The Hall–Kier alpha value is -3.50. The zero-order valence-corrected chi connectivity index (χ0v) is 22.3. The number of rotatable bonds is 11. The molecule has 0 aliphatic carbocycles. The molecule has 10 heteroatoms. The fourth-order valence-electron chi connectivity index (χ4n) is 5.03. The van der Waals surface area contributed by atoms with E-state index >= 15 is 0 Å². The number of ether oxygens (including phenoxy) is 1. The third kappa shape index (κ3) is 8.76. The molecule has 1 atom stereocenters. The van der Waals surface area contributed by atoms with Gasteiger partial charge in [-0.1, -0.05) is 12.1 Å². The van der Waals surface area contributed by atoms with Crippen molar-refractivity contribution in [2.75, 3.05) is 51.2 Å². The highest BCUT2D eigenvalue weighted by atomic mass is 16.5. The number of aromatic hydroxyl groups is 1. The first-order valence-electron chi connectivity index (χ1n) is 13.8. The maximum atomic E-state index is 12.8. The summed E-state index contributed by atoms with van der Waals surface area (Å²) in [5.74, 6) is -0.309. The van der Waals surface area contributed by atoms with Gasteiger partial charge in [-0.05, 0) is 80.6 Å². The molecule has 2 amide bonds. The van der Waals surface area contributed by atoms with Crippen LogP contribution in [-0.2, 0) is 11.2 Å². The molecule has 2 fully saturated rings. The Kier molecular flexibility index (Phi) is 10.3. The third-order valence-corrected chi connectivity index (χ3v) is 7.45. The first-order valence-corrected chi connectivity index (χ1v) is 13.8. The molecule has 5 N–H and O–H groups in total. The monoisotopic (exact) mass is 540 g/mol. The van der Waals surface area contributed by atoms with Gasteiger partial charge in [-0.15, -0.1) is 0 Å². The molecule has 2 aliphatic rings. The normalized spacial score (nSPS) is 17.6. The first-order chi connectivity index (χ1) is 18.9. The summed E-state index contributed by atoms with van der Waals surface area (Å²) in [6.45, 7) is 3.79. The number of nitrogens with zero attached hydrogens (tertiary/aromatic N) is 2. The molecule has 2 heterocycles. The maximum absolute atomic E-state index is 12.8. The van der Waals surface area contributed by atoms with Gasteiger partial charge in [-0.3, -0.25) is 4.79 Å². The number of anilines is 1. The Bertz CT molecular complexity index is 1050. The van der Waals surface area contributed by atoms with E-state index in [9.17, 15) is 19.8 Å². The van der Waals surface area contributed by atoms with Crippen LogP contribution in [0.5, 0.6) is 11.5 Å². The lowest BCUT2D eigenvalue weighted by Crippen LogP contribution is -2.51. The van der Waals surface area contributed by atoms with Crippen molar-refractivity contribution < 1.29 is 29.6 Å². The van der Waals surface area contributed by atoms with Gasteiger partial charge >= 0.3 is 12.0 Å². The van der Waals surface area contributed by atoms with Gasteiger partial charge in [0.2, 0.25) is 0 Å². The number of likely N-dealkylation sites (tertiary alicyclic amines) is 2. The van der Waals surface area contributed by atoms with Crippen molar-refractivity contribution in [2.45, 2.75) is 44.2 Å². The van der Waals surface area contributed by atoms with E-state index < -0.39 is 12.1 Å². The second kappa shape index (κ2) is 14.0. The highest BCUT2D eigenvalue weighted by Gasteiger charge is 2.31. The predicted octanol–water partition coefficient (Wildman–Crippen LogP) is 2.76. The summed E-state index contributed by atoms with van der Waals surface area (Å²) in [5, 5.41) is 35.4. The molecule has 4 rings (SSSR count). The fraction of sp³-hybridized carbons (Fsp3) is 0.517. The SMILES string of the molecule is O=C(O)C1CCN(C(=O)N2CCC(Nc3ccc(CCNC[C@H](O)COc4ccc(O)cc4)cc3)CC2)CC1. The van der Waals surface area contributed by atoms with Crippen molar-refractivity contribution in [3.05, 3.63) is 54.1 Å². The number of carbonyl (C=O) groups excluding carboxylic acids is 1. The topological polar surface area (TPSA) is 135 Å². The van der Waals surface area contributed by atoms with Gasteiger partial charge in [-0.25, -0.2) is 4.79 Å². The van der Waals surface area contributed by atoms with Crippen molar-refractivity contribution in [3.63, 3.8) is 0 Å². The minimum atomic E-state index is -0.761. The number of aliphatic hydroxyl groups excluding tert-OH is 1. The number of hydrogen-bond donors (Lipinski definition) is 5. The molecule has 212 valence electrons. The summed E-state index contributed by atoms with van der Waals surface area (Å²) >= 11 is 0. The Labute approximate surface area is 229 Å². The average Bonchev–Trinajstić information content (AvgIpc) is 2.96. The number of amides is 2. The summed E-state index contributed by atoms with van der Waals surface area (Å²) in [4.78, 5) is 27.7. The number of aliphatic carboxylic acids is 1. The number of carboxylic acids is 1. The second-order valence-electron chi connectivity index (χ2n) is 10.4. The van der Waals surface area contributed by atoms with Crippen molar-refractivity contribution in [3.8, 4) is 11.5 Å². The third-order valence-electron chi connectivity index (χ3n) is 7.45. The number of carboxylic acid groups (broad SMARTS) is 1. The number of phenols is 1. The van der Waals surface area contributed by atoms with E-state index in [0.29, 0.717) is 57.4 Å². The summed E-state index contributed by atoms with van der Waals surface area (Å²) in [6, 6.07) is 15.1. The molecule has 39 heavy (non-hydrogen) atoms. The lowest BCUT2D eigenvalue weighted by molar-refractivity contribution is -0.143. The fourth-order valence-corrected chi connectivity index (χ4v) is 5.03. The summed E-state index contributed by atoms with van der Waals surface area (Å²) in [7, 11) is 0. The number of carbonyl (C=O) groups is 2. The molecule has 0 bridgehead atoms. The predicted molar refractivity (Wildman–Crippen MR) is 148 cm³/mol. The van der Waals surface area contributed by atoms with E-state index in [0.717, 1.165) is 31.5 Å². The smallest absolute Gasteiger partial charge is 0.320 e. The molecular formula is C29H40N4O6. The largest absolute Gasteiger partial charge is 0.508 e. The quantitative estimate of drug-likeness (QED) is 0.275. The second-order valence-corrected chi connectivity index (χ2v) is 10.4. The molecule has 0 saturated carbocycles. The van der Waals surface area contributed by atoms with E-state index in [2.05, 4.69) is 34.9 Å². The van der Waals surface area contributed by atoms with Crippen molar-refractivity contribution in [1.82, 2.24) is 15.1 Å². The van der Waals surface area contributed by atoms with Crippen molar-refractivity contribution in [2.24, 2.45) is 5.92 Å². The van der Waals surface area contributed by atoms with E-state index in [1.807, 2.05) is 4.90 Å². The molecule has 2 saturated heterocycles. The molecule has 2 aliphatic heterocycles. The number of hydrogen-bond acceptors (Lipinski definition) is 7. The first kappa shape index (κ1) is 28.5. The van der Waals surface area contributed by atoms with Gasteiger partial charge in [0.1, 0.15) is 24.2 Å². The van der Waals surface area contributed by atoms with Crippen molar-refractivity contribution in [1.29, 1.82) is 0 Å². The van der Waals surface area contributed by atoms with Gasteiger partial charge in [0.05, 0.1) is 5.92 Å². The standard InChI is InChI=1S/C29H40N4O6/c34-25-5-7-27(8-6-25)39-20-26(35)19-30-14-9-21-1-3-23(4-2-21)31-24-12-17-33(18-13-24)29(38)32-15-10-22(11-16-32)28(36)37/h1-8,22,24,26,30-31,34-35H,9-20H2,(H,36,37)/t26-/m0/s1. The minimum absolute atomic E-state index is 0.0348. The Balaban J connectivity index is 1.09. The number of phenolic OH excluding ortho intramolecular Hbond substituents is 1. The maximum Gasteiger partial charge on any atom is 0.320 e. The zero-order chi connectivity index (χ0) is 27.6. The summed E-state index contributed by atoms with van der Waals surface area (Å²) in [5.41, 5.74) is 2.27. The molecule has 2 aromatic rings. The molecule has 0 aromatic heterocycles. The summed E-state index contributed by atoms with van der Waals surface area (Å²) < 4.78 is 5.52. The number of benzene rings is 2. The Morgan fingerprint density at radius 3 is 2.15 bits per heavy atom. The van der Waals surface area contributed by atoms with Crippen LogP contribution in [0, 0.1) is 5.92 Å². The van der Waals surface area contributed by atoms with Gasteiger partial charge in [0.15, 0.2) is 0 Å². The lowest BCUT2D eigenvalue weighted by Gasteiger charge is -2.38. The zero-order valence-electron chi connectivity index (χ0n) is 22.3. The van der Waals surface area contributed by atoms with Crippen LogP contribution in [0.3, 0.4) is 0 Å². The molecule has 0 unspecified atom stereocenters. The van der Waals surface area contributed by atoms with Gasteiger partial charge < -0.3 is 40.5 Å². The van der Waals surface area contributed by atoms with E-state index in [1.54, 1.807) is 29.2 Å². The number of nitrogens with one attached hydrogen (secondary N) is 2. The van der Waals surface area contributed by atoms with Crippen LogP contribution in [0.25, 0.3) is 0 Å². The van der Waals surface area contributed by atoms with Crippen LogP contribution < -0.4 is 15.4 Å². The number of aliphatic hydroxyl groups is 1. The van der Waals surface area contributed by atoms with Crippen LogP contribution in [0.15, 0.2) is 48.5 Å². The lowest BCUT2D eigenvalue weighted by atomic mass is 9.97. The average molecular weight is 541 g/mol. The highest BCUT2D eigenvalue weighted by molar-refractivity contribution is 5.75. The van der Waals surface area contributed by atoms with Crippen molar-refractivity contribution >= 4 is 17.7 Å². The van der Waals surface area contributed by atoms with Gasteiger partial charge in [0, 0.05) is 44.5 Å². The number of piperidine rings is 2. The van der Waals surface area contributed by atoms with E-state index in [4.69, 9.17) is 9.84 Å². The van der Waals surface area contributed by atoms with Crippen LogP contribution in [-0.4, -0.2) is 95.1 Å². The number of urea groups is 1. The molecule has 2 aromatic carbocycles. The van der Waals surface area contributed by atoms with E-state index in [1.165, 1.54) is 5.56 Å². The molecule has 10 nitrogen and oxygen atoms in total. The Morgan fingerprint density at radius 2 is 1.54 bits per heavy atom. The van der Waals surface area contributed by atoms with Crippen LogP contribution >= 0.6 is 0 Å². The Morgan fingerprint density at radius 1 is 0.923 bits per heavy atom. The highest BCUT2D eigenvalue weighted by Crippen LogP contribution is 2.22. The van der Waals surface area contributed by atoms with Gasteiger partial charge in [-0.2, -0.15) is 0 Å². The van der Waals surface area contributed by atoms with Crippen LogP contribution in [0.4, 0.5) is 10.5 Å². The van der Waals surface area contributed by atoms with Crippen LogP contribution in [0.2, 0.25) is 0 Å². The van der Waals surface area contributed by atoms with Crippen LogP contribution in [0.1, 0.15) is 31.2 Å².